The smallest absolute Gasteiger partial charge is 0.266 e. The molecule has 5 heteroatoms. The number of thiophene rings is 1. The zero-order chi connectivity index (χ0) is 34.5. The lowest BCUT2D eigenvalue weighted by atomic mass is 9.38. The third kappa shape index (κ3) is 5.75. The van der Waals surface area contributed by atoms with E-state index in [0.29, 0.717) is 0 Å². The molecule has 0 unspecified atom stereocenters. The first-order valence-corrected chi connectivity index (χ1v) is 19.6. The van der Waals surface area contributed by atoms with E-state index in [0.717, 1.165) is 17.9 Å². The summed E-state index contributed by atoms with van der Waals surface area (Å²) in [5.74, 6) is 2.23. The Kier molecular flexibility index (Phi) is 7.74. The van der Waals surface area contributed by atoms with E-state index >= 15 is 0 Å². The summed E-state index contributed by atoms with van der Waals surface area (Å²) >= 11 is 3.94. The molecule has 0 spiro atoms. The number of nitrogens with zero attached hydrogens (tertiary/aromatic N) is 1. The lowest BCUT2D eigenvalue weighted by Crippen LogP contribution is -2.56. The number of fused-ring (bicyclic) bond motifs is 6. The summed E-state index contributed by atoms with van der Waals surface area (Å²) in [6.07, 6.45) is 4.84. The van der Waals surface area contributed by atoms with Crippen molar-refractivity contribution in [3.63, 3.8) is 0 Å². The van der Waals surface area contributed by atoms with E-state index in [9.17, 15) is 0 Å². The number of rotatable bonds is 3. The largest absolute Gasteiger partial charge is 0.457 e. The Bertz CT molecular complexity index is 2010. The molecule has 0 fully saturated rings. The highest BCUT2D eigenvalue weighted by Gasteiger charge is 2.43. The van der Waals surface area contributed by atoms with Crippen molar-refractivity contribution in [2.24, 2.45) is 0 Å². The Morgan fingerprint density at radius 3 is 1.78 bits per heavy atom. The maximum Gasteiger partial charge on any atom is 0.266 e. The van der Waals surface area contributed by atoms with Crippen molar-refractivity contribution in [2.75, 3.05) is 4.90 Å². The van der Waals surface area contributed by atoms with Gasteiger partial charge in [-0.1, -0.05) is 110 Å². The SMILES string of the molecule is CC(C)(C)c1ccc(N(c2ccc(C(C)(C)C)cc2)c2ccc3c(c2)Sc2cc(C(C)(C)C)cc4c2B3c2sc3c(c2O4)CCCC3)cc1. The summed E-state index contributed by atoms with van der Waals surface area (Å²) < 4.78 is 8.36. The van der Waals surface area contributed by atoms with Gasteiger partial charge in [0.25, 0.3) is 6.71 Å². The molecule has 2 aliphatic heterocycles. The topological polar surface area (TPSA) is 12.5 Å². The first-order chi connectivity index (χ1) is 23.2. The molecule has 1 aliphatic carbocycles. The minimum atomic E-state index is 0.0245. The monoisotopic (exact) mass is 681 g/mol. The summed E-state index contributed by atoms with van der Waals surface area (Å²) in [6.45, 7) is 20.8. The van der Waals surface area contributed by atoms with E-state index in [1.165, 1.54) is 84.1 Å². The van der Waals surface area contributed by atoms with Gasteiger partial charge >= 0.3 is 0 Å². The van der Waals surface area contributed by atoms with E-state index in [1.807, 2.05) is 23.1 Å². The van der Waals surface area contributed by atoms with Crippen LogP contribution in [-0.2, 0) is 29.1 Å². The molecule has 0 bridgehead atoms. The Morgan fingerprint density at radius 2 is 1.18 bits per heavy atom. The number of benzene rings is 4. The predicted molar refractivity (Wildman–Crippen MR) is 213 cm³/mol. The maximum absolute atomic E-state index is 6.95. The standard InChI is InChI=1S/C44H48BNOS2/c1-42(2,3)27-14-18-30(19-15-27)46(31-20-16-28(17-21-31)43(4,5)6)32-22-23-34-37(26-32)48-38-25-29(44(7,8)9)24-35-39(38)45(34)41-40(47-35)33-12-10-11-13-36(33)49-41/h14-26H,10-13H2,1-9H3. The van der Waals surface area contributed by atoms with E-state index < -0.39 is 0 Å². The van der Waals surface area contributed by atoms with Crippen molar-refractivity contribution < 1.29 is 4.74 Å². The molecule has 5 aromatic rings. The van der Waals surface area contributed by atoms with Crippen LogP contribution < -0.4 is 25.3 Å². The van der Waals surface area contributed by atoms with Gasteiger partial charge in [-0.25, -0.2) is 0 Å². The van der Waals surface area contributed by atoms with E-state index in [1.54, 1.807) is 4.88 Å². The van der Waals surface area contributed by atoms with Gasteiger partial charge < -0.3 is 9.64 Å². The van der Waals surface area contributed by atoms with Crippen LogP contribution >= 0.6 is 23.1 Å². The van der Waals surface area contributed by atoms with Gasteiger partial charge in [-0.05, 0) is 113 Å². The number of anilines is 3. The molecule has 3 heterocycles. The Labute approximate surface area is 302 Å². The Balaban J connectivity index is 1.29. The quantitative estimate of drug-likeness (QED) is 0.172. The summed E-state index contributed by atoms with van der Waals surface area (Å²) in [4.78, 5) is 6.66. The van der Waals surface area contributed by atoms with Gasteiger partial charge in [0.05, 0.1) is 0 Å². The zero-order valence-electron chi connectivity index (χ0n) is 30.6. The summed E-state index contributed by atoms with van der Waals surface area (Å²) in [5.41, 5.74) is 12.0. The highest BCUT2D eigenvalue weighted by Crippen LogP contribution is 2.46. The van der Waals surface area contributed by atoms with Crippen molar-refractivity contribution in [1.82, 2.24) is 0 Å². The zero-order valence-corrected chi connectivity index (χ0v) is 32.2. The lowest BCUT2D eigenvalue weighted by Gasteiger charge is -2.34. The van der Waals surface area contributed by atoms with E-state index in [4.69, 9.17) is 4.74 Å². The number of ether oxygens (including phenoxy) is 1. The molecular formula is C44H48BNOS2. The van der Waals surface area contributed by atoms with Gasteiger partial charge in [-0.2, -0.15) is 11.3 Å². The van der Waals surface area contributed by atoms with Gasteiger partial charge in [0.15, 0.2) is 0 Å². The fourth-order valence-corrected chi connectivity index (χ4v) is 10.3. The molecule has 0 saturated carbocycles. The first kappa shape index (κ1) is 32.8. The maximum atomic E-state index is 6.95. The molecule has 8 rings (SSSR count). The van der Waals surface area contributed by atoms with Gasteiger partial charge in [0, 0.05) is 42.1 Å². The van der Waals surface area contributed by atoms with Gasteiger partial charge in [-0.3, -0.25) is 0 Å². The van der Waals surface area contributed by atoms with Crippen LogP contribution in [0, 0.1) is 0 Å². The molecule has 0 atom stereocenters. The average Bonchev–Trinajstić information content (AvgIpc) is 3.42. The lowest BCUT2D eigenvalue weighted by molar-refractivity contribution is 0.473. The van der Waals surface area contributed by atoms with Crippen LogP contribution in [0.2, 0.25) is 0 Å². The summed E-state index contributed by atoms with van der Waals surface area (Å²) in [6, 6.07) is 30.4. The molecule has 49 heavy (non-hydrogen) atoms. The van der Waals surface area contributed by atoms with Crippen LogP contribution in [-0.4, -0.2) is 6.71 Å². The molecule has 0 amide bonds. The van der Waals surface area contributed by atoms with Crippen molar-refractivity contribution in [2.45, 2.75) is 114 Å². The van der Waals surface area contributed by atoms with Crippen LogP contribution in [0.1, 0.15) is 102 Å². The molecule has 4 aromatic carbocycles. The van der Waals surface area contributed by atoms with Crippen molar-refractivity contribution in [3.8, 4) is 11.5 Å². The van der Waals surface area contributed by atoms with Crippen LogP contribution in [0.15, 0.2) is 88.7 Å². The predicted octanol–water partition coefficient (Wildman–Crippen LogP) is 11.1. The third-order valence-corrected chi connectivity index (χ3v) is 13.1. The molecule has 3 aliphatic rings. The molecule has 2 nitrogen and oxygen atoms in total. The molecule has 250 valence electrons. The average molecular weight is 682 g/mol. The van der Waals surface area contributed by atoms with Crippen LogP contribution in [0.5, 0.6) is 11.5 Å². The number of hydrogen-bond donors (Lipinski definition) is 0. The molecule has 0 N–H and O–H groups in total. The first-order valence-electron chi connectivity index (χ1n) is 18.0. The van der Waals surface area contributed by atoms with Gasteiger partial charge in [0.2, 0.25) is 0 Å². The fourth-order valence-electron chi connectivity index (χ4n) is 7.66. The van der Waals surface area contributed by atoms with E-state index in [-0.39, 0.29) is 23.0 Å². The van der Waals surface area contributed by atoms with Gasteiger partial charge in [0.1, 0.15) is 11.5 Å². The number of aryl methyl sites for hydroxylation is 1. The minimum Gasteiger partial charge on any atom is -0.457 e. The second-order valence-corrected chi connectivity index (χ2v) is 19.5. The molecule has 0 saturated heterocycles. The highest BCUT2D eigenvalue weighted by molar-refractivity contribution is 8.00. The van der Waals surface area contributed by atoms with Crippen LogP contribution in [0.3, 0.4) is 0 Å². The summed E-state index contributed by atoms with van der Waals surface area (Å²) in [7, 11) is 0. The summed E-state index contributed by atoms with van der Waals surface area (Å²) in [5, 5.41) is 0. The Morgan fingerprint density at radius 1 is 0.612 bits per heavy atom. The Hall–Kier alpha value is -3.41. The normalized spacial score (nSPS) is 15.2. The molecule has 1 aromatic heterocycles. The van der Waals surface area contributed by atoms with Crippen LogP contribution in [0.25, 0.3) is 0 Å². The third-order valence-electron chi connectivity index (χ3n) is 10.7. The van der Waals surface area contributed by atoms with Crippen LogP contribution in [0.4, 0.5) is 17.1 Å². The highest BCUT2D eigenvalue weighted by atomic mass is 32.2. The minimum absolute atomic E-state index is 0.0245. The van der Waals surface area contributed by atoms with E-state index in [2.05, 4.69) is 146 Å². The van der Waals surface area contributed by atoms with Crippen molar-refractivity contribution in [1.29, 1.82) is 0 Å². The second-order valence-electron chi connectivity index (χ2n) is 17.3. The molecular weight excluding hydrogens is 633 g/mol. The van der Waals surface area contributed by atoms with Gasteiger partial charge in [-0.15, -0.1) is 0 Å². The van der Waals surface area contributed by atoms with Crippen molar-refractivity contribution >= 4 is 62.6 Å². The second kappa shape index (κ2) is 11.6. The fraction of sp³-hybridized carbons (Fsp3) is 0.364. The molecule has 0 radical (unpaired) electrons. The number of hydrogen-bond acceptors (Lipinski definition) is 4. The van der Waals surface area contributed by atoms with Crippen molar-refractivity contribution in [3.05, 3.63) is 106 Å².